The number of para-hydroxylation sites is 1. The van der Waals surface area contributed by atoms with Crippen LogP contribution in [0.1, 0.15) is 36.1 Å². The van der Waals surface area contributed by atoms with E-state index in [1.807, 2.05) is 92.0 Å². The lowest BCUT2D eigenvalue weighted by Crippen LogP contribution is -2.44. The largest absolute Gasteiger partial charge is 0.395 e. The first-order chi connectivity index (χ1) is 20.1. The standard InChI is InChI=1S/C32H34FIN4O3Si/c1-21-30(42(2,3)33)29(16-17-37-19-27(35-36-37)25(20-39)22-10-6-4-7-11-22)41-32(21)26-18-23(34)14-15-28(26)38(31(32)40)24-12-8-5-9-13-24/h4-15,18-19,21,25,29-30,39H,16-17,20H2,1-3H3/t21-,25?,29+,30-,32+/m0/s1. The Bertz CT molecular complexity index is 1580. The minimum Gasteiger partial charge on any atom is -0.395 e. The Morgan fingerprint density at radius 1 is 1.10 bits per heavy atom. The number of aryl methyl sites for hydroxylation is 1. The summed E-state index contributed by atoms with van der Waals surface area (Å²) >= 11 is 2.26. The molecule has 10 heteroatoms. The summed E-state index contributed by atoms with van der Waals surface area (Å²) in [6.45, 7) is 5.77. The predicted octanol–water partition coefficient (Wildman–Crippen LogP) is 6.55. The van der Waals surface area contributed by atoms with Crippen LogP contribution in [-0.4, -0.2) is 47.1 Å². The van der Waals surface area contributed by atoms with Crippen LogP contribution in [0.2, 0.25) is 18.6 Å². The molecule has 1 unspecified atom stereocenters. The van der Waals surface area contributed by atoms with Crippen LogP contribution in [0, 0.1) is 9.49 Å². The minimum atomic E-state index is -3.29. The molecule has 1 spiro atoms. The monoisotopic (exact) mass is 696 g/mol. The summed E-state index contributed by atoms with van der Waals surface area (Å²) in [5.41, 5.74) is 2.31. The SMILES string of the molecule is C[C@H]1[C@H]([Si](C)(C)F)[C@@H](CCn2cc(C(CO)c3ccccc3)nn2)O[C@]12C(=O)N(c1ccccc1)c1ccc(I)cc12. The topological polar surface area (TPSA) is 80.5 Å². The number of aromatic nitrogens is 3. The van der Waals surface area contributed by atoms with Crippen LogP contribution in [0.25, 0.3) is 0 Å². The van der Waals surface area contributed by atoms with E-state index in [1.54, 1.807) is 22.7 Å². The van der Waals surface area contributed by atoms with E-state index >= 15 is 4.11 Å². The fourth-order valence-corrected chi connectivity index (χ4v) is 9.98. The van der Waals surface area contributed by atoms with Crippen molar-refractivity contribution in [3.8, 4) is 0 Å². The number of aliphatic hydroxyl groups is 1. The van der Waals surface area contributed by atoms with Gasteiger partial charge in [0.05, 0.1) is 30.0 Å². The summed E-state index contributed by atoms with van der Waals surface area (Å²) in [5.74, 6) is -0.814. The molecule has 218 valence electrons. The van der Waals surface area contributed by atoms with Gasteiger partial charge in [0.2, 0.25) is 8.41 Å². The quantitative estimate of drug-likeness (QED) is 0.129. The molecule has 1 aromatic heterocycles. The number of nitrogens with zero attached hydrogens (tertiary/aromatic N) is 4. The first-order valence-corrected chi connectivity index (χ1v) is 18.3. The zero-order valence-electron chi connectivity index (χ0n) is 23.8. The number of carbonyl (C=O) groups is 1. The van der Waals surface area contributed by atoms with Crippen molar-refractivity contribution in [2.24, 2.45) is 5.92 Å². The maximum absolute atomic E-state index is 16.2. The fraction of sp³-hybridized carbons (Fsp3) is 0.344. The third kappa shape index (κ3) is 4.91. The summed E-state index contributed by atoms with van der Waals surface area (Å²) < 4.78 is 25.8. The Labute approximate surface area is 260 Å². The average molecular weight is 697 g/mol. The smallest absolute Gasteiger partial charge is 0.268 e. The second-order valence-corrected chi connectivity index (χ2v) is 16.8. The van der Waals surface area contributed by atoms with E-state index in [-0.39, 0.29) is 24.3 Å². The maximum Gasteiger partial charge on any atom is 0.268 e. The number of amides is 1. The number of hydrogen-bond donors (Lipinski definition) is 1. The molecule has 3 aromatic carbocycles. The fourth-order valence-electron chi connectivity index (χ4n) is 6.94. The van der Waals surface area contributed by atoms with Crippen LogP contribution < -0.4 is 4.90 Å². The van der Waals surface area contributed by atoms with E-state index in [9.17, 15) is 9.90 Å². The van der Waals surface area contributed by atoms with Crippen LogP contribution in [-0.2, 0) is 21.7 Å². The Morgan fingerprint density at radius 2 is 1.79 bits per heavy atom. The van der Waals surface area contributed by atoms with Crippen molar-refractivity contribution in [2.45, 2.75) is 56.1 Å². The molecule has 6 rings (SSSR count). The summed E-state index contributed by atoms with van der Waals surface area (Å²) in [6, 6.07) is 25.3. The Balaban J connectivity index is 1.32. The second-order valence-electron chi connectivity index (χ2n) is 11.7. The third-order valence-electron chi connectivity index (χ3n) is 8.79. The number of ether oxygens (including phenoxy) is 1. The molecule has 0 bridgehead atoms. The van der Waals surface area contributed by atoms with Crippen molar-refractivity contribution in [3.05, 3.63) is 105 Å². The maximum atomic E-state index is 16.2. The third-order valence-corrected chi connectivity index (χ3v) is 11.9. The van der Waals surface area contributed by atoms with Crippen molar-refractivity contribution in [3.63, 3.8) is 0 Å². The molecule has 42 heavy (non-hydrogen) atoms. The van der Waals surface area contributed by atoms with E-state index in [0.29, 0.717) is 18.7 Å². The molecule has 2 aliphatic rings. The molecular weight excluding hydrogens is 662 g/mol. The van der Waals surface area contributed by atoms with Gasteiger partial charge >= 0.3 is 0 Å². The van der Waals surface area contributed by atoms with Gasteiger partial charge in [-0.1, -0.05) is 60.7 Å². The van der Waals surface area contributed by atoms with Crippen molar-refractivity contribution < 1.29 is 18.7 Å². The van der Waals surface area contributed by atoms with Crippen molar-refractivity contribution in [2.75, 3.05) is 11.5 Å². The molecule has 7 nitrogen and oxygen atoms in total. The lowest BCUT2D eigenvalue weighted by atomic mass is 9.82. The van der Waals surface area contributed by atoms with Gasteiger partial charge in [0, 0.05) is 39.0 Å². The van der Waals surface area contributed by atoms with Crippen LogP contribution in [0.5, 0.6) is 0 Å². The molecule has 3 heterocycles. The molecule has 1 N–H and O–H groups in total. The Hall–Kier alpha value is -2.93. The molecule has 1 fully saturated rings. The van der Waals surface area contributed by atoms with Gasteiger partial charge in [-0.05, 0) is 78.0 Å². The van der Waals surface area contributed by atoms with Crippen LogP contribution in [0.4, 0.5) is 15.5 Å². The summed E-state index contributed by atoms with van der Waals surface area (Å²) in [6.07, 6.45) is 1.84. The van der Waals surface area contributed by atoms with Gasteiger partial charge < -0.3 is 14.0 Å². The summed E-state index contributed by atoms with van der Waals surface area (Å²) in [4.78, 5) is 16.2. The highest BCUT2D eigenvalue weighted by molar-refractivity contribution is 14.1. The van der Waals surface area contributed by atoms with Gasteiger partial charge in [-0.3, -0.25) is 14.4 Å². The lowest BCUT2D eigenvalue weighted by molar-refractivity contribution is -0.145. The molecule has 5 atom stereocenters. The van der Waals surface area contributed by atoms with Crippen LogP contribution in [0.15, 0.2) is 85.1 Å². The van der Waals surface area contributed by atoms with E-state index < -0.39 is 25.7 Å². The van der Waals surface area contributed by atoms with Crippen LogP contribution in [0.3, 0.4) is 0 Å². The number of fused-ring (bicyclic) bond motifs is 2. The van der Waals surface area contributed by atoms with E-state index in [4.69, 9.17) is 4.74 Å². The number of carbonyl (C=O) groups excluding carboxylic acids is 1. The average Bonchev–Trinajstić information content (AvgIpc) is 3.63. The van der Waals surface area contributed by atoms with Crippen molar-refractivity contribution in [1.82, 2.24) is 15.0 Å². The molecule has 2 aliphatic heterocycles. The number of halogens is 2. The first-order valence-electron chi connectivity index (χ1n) is 14.3. The zero-order valence-corrected chi connectivity index (χ0v) is 27.0. The zero-order chi connectivity index (χ0) is 29.6. The van der Waals surface area contributed by atoms with E-state index in [2.05, 4.69) is 32.9 Å². The molecular formula is C32H34FIN4O3Si. The lowest BCUT2D eigenvalue weighted by Gasteiger charge is -2.31. The highest BCUT2D eigenvalue weighted by Crippen LogP contribution is 2.61. The number of benzene rings is 3. The number of aliphatic hydroxyl groups excluding tert-OH is 1. The van der Waals surface area contributed by atoms with Gasteiger partial charge in [-0.25, -0.2) is 0 Å². The summed E-state index contributed by atoms with van der Waals surface area (Å²) in [5, 5.41) is 18.7. The molecule has 0 saturated carbocycles. The predicted molar refractivity (Wildman–Crippen MR) is 171 cm³/mol. The van der Waals surface area contributed by atoms with E-state index in [0.717, 1.165) is 26.1 Å². The Kier molecular flexibility index (Phi) is 7.84. The number of anilines is 2. The summed E-state index contributed by atoms with van der Waals surface area (Å²) in [7, 11) is -3.29. The van der Waals surface area contributed by atoms with E-state index in [1.165, 1.54) is 0 Å². The van der Waals surface area contributed by atoms with Crippen molar-refractivity contribution >= 4 is 48.3 Å². The molecule has 4 aromatic rings. The molecule has 0 radical (unpaired) electrons. The van der Waals surface area contributed by atoms with Gasteiger partial charge in [0.15, 0.2) is 5.60 Å². The number of hydrogen-bond acceptors (Lipinski definition) is 5. The van der Waals surface area contributed by atoms with Gasteiger partial charge in [-0.15, -0.1) is 5.10 Å². The highest BCUT2D eigenvalue weighted by atomic mass is 127. The second kappa shape index (κ2) is 11.3. The van der Waals surface area contributed by atoms with Crippen LogP contribution >= 0.6 is 22.6 Å². The highest BCUT2D eigenvalue weighted by Gasteiger charge is 2.66. The molecule has 0 aliphatic carbocycles. The normalized spacial score (nSPS) is 24.4. The van der Waals surface area contributed by atoms with Gasteiger partial charge in [0.1, 0.15) is 0 Å². The molecule has 1 amide bonds. The number of rotatable bonds is 8. The molecule has 1 saturated heterocycles. The van der Waals surface area contributed by atoms with Gasteiger partial charge in [0.25, 0.3) is 5.91 Å². The van der Waals surface area contributed by atoms with Gasteiger partial charge in [-0.2, -0.15) is 0 Å². The van der Waals surface area contributed by atoms with Crippen molar-refractivity contribution in [1.29, 1.82) is 0 Å². The Morgan fingerprint density at radius 3 is 2.45 bits per heavy atom. The first kappa shape index (κ1) is 29.2. The minimum absolute atomic E-state index is 0.0869.